The van der Waals surface area contributed by atoms with Crippen molar-refractivity contribution in [1.29, 1.82) is 0 Å². The number of halogens is 8. The molecule has 0 bridgehead atoms. The normalized spacial score (nSPS) is 13.3. The van der Waals surface area contributed by atoms with Crippen LogP contribution in [0.15, 0.2) is 30.3 Å². The Morgan fingerprint density at radius 1 is 0.523 bits per heavy atom. The zero-order valence-corrected chi connectivity index (χ0v) is 97.1. The zero-order chi connectivity index (χ0) is 100. The summed E-state index contributed by atoms with van der Waals surface area (Å²) in [7, 11) is -3.86. The fourth-order valence-electron chi connectivity index (χ4n) is 10.8. The number of rotatable bonds is 37. The van der Waals surface area contributed by atoms with Gasteiger partial charge in [0.25, 0.3) is 16.1 Å². The Morgan fingerprint density at radius 2 is 0.831 bits per heavy atom. The largest absolute Gasteiger partial charge is 1.00 e. The van der Waals surface area contributed by atoms with E-state index in [1.54, 1.807) is 27.7 Å². The fourth-order valence-corrected chi connectivity index (χ4v) is 23.6. The number of esters is 4. The molecule has 0 heterocycles. The van der Waals surface area contributed by atoms with E-state index in [-0.39, 0.29) is 237 Å². The maximum Gasteiger partial charge on any atom is 1.00 e. The maximum atomic E-state index is 12.2. The van der Waals surface area contributed by atoms with E-state index in [4.69, 9.17) is 64.3 Å². The van der Waals surface area contributed by atoms with Gasteiger partial charge in [0, 0.05) is 32.9 Å². The van der Waals surface area contributed by atoms with Crippen molar-refractivity contribution in [2.24, 2.45) is 82.7 Å². The molecule has 0 aromatic heterocycles. The number of ether oxygens (including phenoxy) is 5. The minimum Gasteiger partial charge on any atom is -1.00 e. The van der Waals surface area contributed by atoms with Crippen LogP contribution in [0.3, 0.4) is 0 Å². The summed E-state index contributed by atoms with van der Waals surface area (Å²) in [6.45, 7) is 68.0. The zero-order valence-electron chi connectivity index (χ0n) is 84.9. The smallest absolute Gasteiger partial charge is 1.00 e. The summed E-state index contributed by atoms with van der Waals surface area (Å²) in [4.78, 5) is 116. The van der Waals surface area contributed by atoms with Gasteiger partial charge in [-0.3, -0.25) is 52.5 Å². The number of hydrogen-bond acceptors (Lipinski definition) is 23. The van der Waals surface area contributed by atoms with Gasteiger partial charge in [0.05, 0.1) is 83.2 Å². The first kappa shape index (κ1) is 168. The second-order valence-electron chi connectivity index (χ2n) is 33.4. The molecule has 0 aliphatic rings. The Hall–Kier alpha value is -1.40. The van der Waals surface area contributed by atoms with Crippen LogP contribution < -0.4 is 86.7 Å². The number of ketones is 1. The molecule has 0 fully saturated rings. The summed E-state index contributed by atoms with van der Waals surface area (Å²) in [6.07, 6.45) is -5.56. The minimum absolute atomic E-state index is 0. The third-order valence-corrected chi connectivity index (χ3v) is 35.3. The number of hydrogen-bond donors (Lipinski definition) is 5. The predicted molar refractivity (Wildman–Crippen MR) is 520 cm³/mol. The van der Waals surface area contributed by atoms with Crippen molar-refractivity contribution in [2.45, 2.75) is 339 Å². The second kappa shape index (κ2) is 93.9. The summed E-state index contributed by atoms with van der Waals surface area (Å²) >= 11 is 14.5. The molecule has 0 amide bonds. The Labute approximate surface area is 870 Å². The Balaban J connectivity index is -0.0000000685. The molecule has 0 aliphatic heterocycles. The van der Waals surface area contributed by atoms with E-state index in [2.05, 4.69) is 148 Å². The van der Waals surface area contributed by atoms with Crippen molar-refractivity contribution in [3.8, 4) is 0 Å². The van der Waals surface area contributed by atoms with Crippen LogP contribution in [0.5, 0.6) is 0 Å². The molecule has 1 aromatic rings. The quantitative estimate of drug-likeness (QED) is 0.00603. The fraction of sp³-hybridized carbons (Fsp3) is 0.802. The Morgan fingerprint density at radius 3 is 1.03 bits per heavy atom. The van der Waals surface area contributed by atoms with Crippen molar-refractivity contribution >= 4 is 157 Å². The Kier molecular flexibility index (Phi) is 121. The van der Waals surface area contributed by atoms with Crippen LogP contribution in [0.2, 0.25) is 33.2 Å². The van der Waals surface area contributed by atoms with Crippen molar-refractivity contribution in [1.82, 2.24) is 0 Å². The van der Waals surface area contributed by atoms with Gasteiger partial charge in [-0.15, -0.1) is 23.2 Å². The number of aliphatic hydroxyl groups is 1. The number of carboxylic acids is 3. The molecule has 765 valence electrons. The topological polar surface area (TPSA) is 447 Å². The average molecular weight is 2090 g/mol. The molecule has 0 aliphatic carbocycles. The number of alkyl halides is 5. The summed E-state index contributed by atoms with van der Waals surface area (Å²) < 4.78 is 107. The van der Waals surface area contributed by atoms with Crippen molar-refractivity contribution in [3.63, 3.8) is 0 Å². The molecule has 130 heavy (non-hydrogen) atoms. The maximum absolute atomic E-state index is 12.2. The van der Waals surface area contributed by atoms with E-state index >= 15 is 0 Å². The summed E-state index contributed by atoms with van der Waals surface area (Å²) in [5.41, 5.74) is 5.77. The van der Waals surface area contributed by atoms with Crippen LogP contribution in [0.4, 0.5) is 26.4 Å². The third kappa shape index (κ3) is 84.6. The van der Waals surface area contributed by atoms with Crippen molar-refractivity contribution in [2.75, 3.05) is 33.8 Å². The van der Waals surface area contributed by atoms with Crippen LogP contribution in [0, 0.1) is 76.9 Å². The van der Waals surface area contributed by atoms with E-state index in [9.17, 15) is 89.1 Å². The van der Waals surface area contributed by atoms with E-state index in [0.29, 0.717) is 63.3 Å². The van der Waals surface area contributed by atoms with Gasteiger partial charge in [-0.2, -0.15) is 17.4 Å². The molecule has 44 heteroatoms. The van der Waals surface area contributed by atoms with Gasteiger partial charge in [-0.1, -0.05) is 267 Å². The number of carbonyl (C=O) groups excluding carboxylic acids is 8. The minimum atomic E-state index is -5.21. The molecule has 0 saturated carbocycles. The summed E-state index contributed by atoms with van der Waals surface area (Å²) in [5.74, 6) is -1.88. The molecule has 1 aromatic carbocycles. The van der Waals surface area contributed by atoms with Crippen LogP contribution in [0.1, 0.15) is 276 Å². The molecule has 13 atom stereocenters. The van der Waals surface area contributed by atoms with E-state index in [1.807, 2.05) is 108 Å². The van der Waals surface area contributed by atoms with Gasteiger partial charge >= 0.3 is 146 Å². The average Bonchev–Trinajstić information content (AvgIpc) is 0.795. The van der Waals surface area contributed by atoms with Crippen molar-refractivity contribution < 1.29 is 230 Å². The van der Waals surface area contributed by atoms with Crippen LogP contribution in [0.25, 0.3) is 0 Å². The molecule has 3 unspecified atom stereocenters. The number of methoxy groups -OCH3 is 4. The summed E-state index contributed by atoms with van der Waals surface area (Å²) in [6, 6.07) is 8.65. The SMILES string of the molecule is C.C.CC(C)[C@@H](C)C(=O)O.CC(C)[C@@H](C)C(=O)OP(F)P.CC(C)[C@@H](C)[C@H](CC(=O)O)O[Si](C(C)C)(C(C)C)C(C)C.CC(C)[C@@H](N)C(=O)O.COC(=O)CC(=O)[C@H](C)C(C)C.COC(=O)C[C@@H](O[Si](C(C)C)(C(C)C)C(C)C)[C@H](C)C(C)C.COC(=O)C[C@H](O)[C@H](C)C(C)C.COC(C)=O.ClCCl.O.O=C(Cl)OCc1ccccc1.O=PP(F)C(=O)C(F)(F)F.[B].[H-].[K+].[Na+].[OH-]. The Bertz CT molecular complexity index is 3000. The van der Waals surface area contributed by atoms with Crippen LogP contribution in [-0.4, -0.2) is 185 Å². The van der Waals surface area contributed by atoms with E-state index in [1.165, 1.54) is 35.4 Å². The number of aliphatic hydroxyl groups excluding tert-OH is 1. The number of benzene rings is 1. The molecule has 0 saturated heterocycles. The number of carbonyl (C=O) groups is 11. The van der Waals surface area contributed by atoms with Crippen LogP contribution >= 0.6 is 67.9 Å². The van der Waals surface area contributed by atoms with Crippen LogP contribution in [-0.2, 0) is 96.2 Å². The second-order valence-corrected chi connectivity index (χ2v) is 49.9. The standard InChI is InChI=1S/C18H38O3Si.C17H36O3Si.C9H18O3.C9H16O3.C8H7ClO2.C6H13FO2P2.C6H12O2.C5H11NO2.C3H6O2.C2F4O2P2.CH2Cl2.2CH4.B.K.Na.2H2O.H/c1-12(2)16(9)17(11-18(19)20-10)21-22(13(3)4,14(5)6)15(7)8;1-11(2)15(9)16(10-17(18)19)20-21(12(3)4,13(5)6)14(7)8;2*1-6(2)7(3)8(10)5-9(11)12-4;9-8(10)11-6-7-4-2-1-3-5-7;1-4(2)5(3)6(8)9-11(7)10;1-4(2)5(3)6(7)8;1-3(2)4(6)5(7)8;1-3(4)5-2;3-2(4,5)1(7)10(6)9-8;2-1-3;;;;;;;;/h12-17H,11H2,1-10H3;11-16H,10H2,1-9H3,(H,18,19);6-8,10H,5H2,1-4H3;6-7H,5H2,1-4H3;1-5H,6H2;4-5H,10H2,1-3H3;4-5H,1-3H3,(H,7,8);3-4H,6H2,1-2H3,(H,7,8);1-2H3;;1H2;2*1H4;;;;2*1H2;/q;;;;;;;;;;;;;;2*+1;;;-1/p-1/t16-,17-;15-,16+;7-,8+;7-;;5-,11?;5-;4-;;;;;;;;;;;/m1111.111.........../s1. The molecular formula is C86H171BCl3F5KNNaO26P4Si2. The molecule has 27 nitrogen and oxygen atoms in total. The molecule has 3 radical (unpaired) electrons. The van der Waals surface area contributed by atoms with Gasteiger partial charge in [-0.25, -0.2) is 8.99 Å². The summed E-state index contributed by atoms with van der Waals surface area (Å²) in [5, 5.41) is 35.5. The molecule has 1 rings (SSSR count). The first-order valence-corrected chi connectivity index (χ1v) is 52.2. The van der Waals surface area contributed by atoms with Gasteiger partial charge in [-0.05, 0) is 107 Å². The van der Waals surface area contributed by atoms with E-state index < -0.39 is 100.0 Å². The van der Waals surface area contributed by atoms with Crippen molar-refractivity contribution in [3.05, 3.63) is 35.9 Å². The first-order chi connectivity index (χ1) is 55.9. The number of Topliss-reactive ketones (excluding diaryl/α,β-unsaturated/α-hetero) is 1. The monoisotopic (exact) mass is 2090 g/mol. The van der Waals surface area contributed by atoms with Gasteiger partial charge in [0.1, 0.15) is 24.9 Å². The number of nitrogens with two attached hydrogens (primary N) is 1. The molecule has 0 spiro atoms. The van der Waals surface area contributed by atoms with Gasteiger partial charge in [0.2, 0.25) is 24.8 Å². The molecular weight excluding hydrogens is 1920 g/mol. The molecule has 9 N–H and O–H groups in total. The number of carboxylic acid groups (broad SMARTS) is 3. The number of aliphatic carboxylic acids is 3. The third-order valence-electron chi connectivity index (χ3n) is 20.6. The van der Waals surface area contributed by atoms with Gasteiger partial charge in [0.15, 0.2) is 0 Å². The first-order valence-electron chi connectivity index (χ1n) is 40.9. The predicted octanol–water partition coefficient (Wildman–Crippen LogP) is 18.5. The van der Waals surface area contributed by atoms with E-state index in [0.717, 1.165) is 5.56 Å². The van der Waals surface area contributed by atoms with Gasteiger partial charge < -0.3 is 75.6 Å².